The van der Waals surface area contributed by atoms with Crippen molar-refractivity contribution in [1.82, 2.24) is 9.78 Å². The zero-order valence-electron chi connectivity index (χ0n) is 8.09. The van der Waals surface area contributed by atoms with Gasteiger partial charge < -0.3 is 4.79 Å². The van der Waals surface area contributed by atoms with Crippen LogP contribution in [-0.4, -0.2) is 15.6 Å². The Kier molecular flexibility index (Phi) is 3.09. The summed E-state index contributed by atoms with van der Waals surface area (Å²) in [5.74, 6) is 0.180. The van der Waals surface area contributed by atoms with E-state index in [1.807, 2.05) is 6.92 Å². The molecule has 1 rings (SSSR count). The number of halogens is 1. The molecule has 0 N–H and O–H groups in total. The summed E-state index contributed by atoms with van der Waals surface area (Å²) >= 11 is 5.99. The Bertz CT molecular complexity index is 331. The fraction of sp³-hybridized carbons (Fsp3) is 0.556. The molecule has 0 aliphatic carbocycles. The van der Waals surface area contributed by atoms with E-state index in [2.05, 4.69) is 5.10 Å². The van der Waals surface area contributed by atoms with Crippen molar-refractivity contribution in [2.24, 2.45) is 7.05 Å². The van der Waals surface area contributed by atoms with Crippen molar-refractivity contribution in [2.75, 3.05) is 0 Å². The molecule has 0 saturated carbocycles. The van der Waals surface area contributed by atoms with E-state index in [0.29, 0.717) is 18.0 Å². The molecule has 0 unspecified atom stereocenters. The summed E-state index contributed by atoms with van der Waals surface area (Å²) in [6, 6.07) is 0. The molecule has 0 aromatic carbocycles. The molecule has 0 atom stereocenters. The first-order valence-electron chi connectivity index (χ1n) is 4.19. The first kappa shape index (κ1) is 10.3. The standard InChI is InChI=1S/C9H13ClN2O/c1-6(13)4-5-8-7(2)11-12(3)9(8)10/h4-5H2,1-3H3. The van der Waals surface area contributed by atoms with Crippen molar-refractivity contribution in [3.63, 3.8) is 0 Å². The maximum Gasteiger partial charge on any atom is 0.130 e. The van der Waals surface area contributed by atoms with Gasteiger partial charge in [0.25, 0.3) is 0 Å². The maximum atomic E-state index is 10.8. The Morgan fingerprint density at radius 3 is 2.62 bits per heavy atom. The van der Waals surface area contributed by atoms with E-state index in [1.54, 1.807) is 18.7 Å². The van der Waals surface area contributed by atoms with Gasteiger partial charge in [-0.25, -0.2) is 0 Å². The molecule has 1 aromatic rings. The van der Waals surface area contributed by atoms with Crippen LogP contribution in [0.1, 0.15) is 24.6 Å². The summed E-state index contributed by atoms with van der Waals surface area (Å²) in [4.78, 5) is 10.8. The number of ketones is 1. The summed E-state index contributed by atoms with van der Waals surface area (Å²) in [5, 5.41) is 4.80. The van der Waals surface area contributed by atoms with Gasteiger partial charge in [0.2, 0.25) is 0 Å². The van der Waals surface area contributed by atoms with E-state index in [9.17, 15) is 4.79 Å². The summed E-state index contributed by atoms with van der Waals surface area (Å²) < 4.78 is 1.63. The third-order valence-electron chi connectivity index (χ3n) is 2.00. The van der Waals surface area contributed by atoms with E-state index in [-0.39, 0.29) is 5.78 Å². The lowest BCUT2D eigenvalue weighted by Crippen LogP contribution is -1.95. The molecule has 0 radical (unpaired) electrons. The Labute approximate surface area is 82.7 Å². The van der Waals surface area contributed by atoms with Crippen LogP contribution in [0.5, 0.6) is 0 Å². The Morgan fingerprint density at radius 1 is 1.62 bits per heavy atom. The van der Waals surface area contributed by atoms with Gasteiger partial charge >= 0.3 is 0 Å². The minimum Gasteiger partial charge on any atom is -0.300 e. The quantitative estimate of drug-likeness (QED) is 0.747. The van der Waals surface area contributed by atoms with Gasteiger partial charge in [0.1, 0.15) is 10.9 Å². The highest BCUT2D eigenvalue weighted by atomic mass is 35.5. The molecular formula is C9H13ClN2O. The lowest BCUT2D eigenvalue weighted by atomic mass is 10.1. The Balaban J connectivity index is 2.81. The van der Waals surface area contributed by atoms with Crippen molar-refractivity contribution in [2.45, 2.75) is 26.7 Å². The number of Topliss-reactive ketones (excluding diaryl/α,β-unsaturated/α-hetero) is 1. The monoisotopic (exact) mass is 200 g/mol. The van der Waals surface area contributed by atoms with Gasteiger partial charge in [0.05, 0.1) is 5.69 Å². The molecule has 4 heteroatoms. The number of carbonyl (C=O) groups excluding carboxylic acids is 1. The highest BCUT2D eigenvalue weighted by Crippen LogP contribution is 2.19. The number of hydrogen-bond donors (Lipinski definition) is 0. The van der Waals surface area contributed by atoms with Crippen LogP contribution < -0.4 is 0 Å². The van der Waals surface area contributed by atoms with Crippen LogP contribution in [0.3, 0.4) is 0 Å². The first-order chi connectivity index (χ1) is 6.02. The van der Waals surface area contributed by atoms with Crippen molar-refractivity contribution in [1.29, 1.82) is 0 Å². The maximum absolute atomic E-state index is 10.8. The van der Waals surface area contributed by atoms with Crippen molar-refractivity contribution < 1.29 is 4.79 Å². The normalized spacial score (nSPS) is 10.5. The van der Waals surface area contributed by atoms with Crippen molar-refractivity contribution >= 4 is 17.4 Å². The summed E-state index contributed by atoms with van der Waals surface area (Å²) in [6.45, 7) is 3.49. The predicted octanol–water partition coefficient (Wildman–Crippen LogP) is 1.90. The molecule has 0 bridgehead atoms. The van der Waals surface area contributed by atoms with E-state index >= 15 is 0 Å². The highest BCUT2D eigenvalue weighted by molar-refractivity contribution is 6.30. The minimum atomic E-state index is 0.180. The Morgan fingerprint density at radius 2 is 2.23 bits per heavy atom. The summed E-state index contributed by atoms with van der Waals surface area (Å²) in [5.41, 5.74) is 1.90. The molecule has 0 spiro atoms. The molecule has 1 aromatic heterocycles. The molecule has 0 saturated heterocycles. The van der Waals surface area contributed by atoms with Crippen LogP contribution in [0.2, 0.25) is 5.15 Å². The minimum absolute atomic E-state index is 0.180. The molecule has 0 aliphatic rings. The van der Waals surface area contributed by atoms with Crippen LogP contribution >= 0.6 is 11.6 Å². The molecule has 0 aliphatic heterocycles. The molecule has 13 heavy (non-hydrogen) atoms. The number of hydrogen-bond acceptors (Lipinski definition) is 2. The average molecular weight is 201 g/mol. The van der Waals surface area contributed by atoms with E-state index in [1.165, 1.54) is 0 Å². The smallest absolute Gasteiger partial charge is 0.130 e. The van der Waals surface area contributed by atoms with Crippen LogP contribution in [0, 0.1) is 6.92 Å². The first-order valence-corrected chi connectivity index (χ1v) is 4.57. The van der Waals surface area contributed by atoms with Gasteiger partial charge in [-0.2, -0.15) is 5.10 Å². The lowest BCUT2D eigenvalue weighted by Gasteiger charge is -1.97. The third kappa shape index (κ3) is 2.31. The summed E-state index contributed by atoms with van der Waals surface area (Å²) in [6.07, 6.45) is 1.22. The van der Waals surface area contributed by atoms with Crippen LogP contribution in [0.15, 0.2) is 0 Å². The third-order valence-corrected chi connectivity index (χ3v) is 2.47. The van der Waals surface area contributed by atoms with Gasteiger partial charge in [0.15, 0.2) is 0 Å². The topological polar surface area (TPSA) is 34.9 Å². The second-order valence-electron chi connectivity index (χ2n) is 3.18. The van der Waals surface area contributed by atoms with E-state index in [4.69, 9.17) is 11.6 Å². The number of aromatic nitrogens is 2. The molecular weight excluding hydrogens is 188 g/mol. The fourth-order valence-electron chi connectivity index (χ4n) is 1.26. The van der Waals surface area contributed by atoms with Gasteiger partial charge in [-0.05, 0) is 20.3 Å². The Hall–Kier alpha value is -0.830. The number of rotatable bonds is 3. The molecule has 72 valence electrons. The number of aryl methyl sites for hydroxylation is 2. The molecule has 0 fully saturated rings. The van der Waals surface area contributed by atoms with Crippen LogP contribution in [-0.2, 0) is 18.3 Å². The second-order valence-corrected chi connectivity index (χ2v) is 3.54. The molecule has 3 nitrogen and oxygen atoms in total. The zero-order valence-corrected chi connectivity index (χ0v) is 8.85. The van der Waals surface area contributed by atoms with Gasteiger partial charge in [-0.3, -0.25) is 4.68 Å². The zero-order chi connectivity index (χ0) is 10.0. The van der Waals surface area contributed by atoms with E-state index < -0.39 is 0 Å². The highest BCUT2D eigenvalue weighted by Gasteiger charge is 2.10. The van der Waals surface area contributed by atoms with Gasteiger partial charge in [-0.1, -0.05) is 11.6 Å². The fourth-order valence-corrected chi connectivity index (χ4v) is 1.53. The van der Waals surface area contributed by atoms with Crippen LogP contribution in [0.4, 0.5) is 0 Å². The summed E-state index contributed by atoms with van der Waals surface area (Å²) in [7, 11) is 1.80. The van der Waals surface area contributed by atoms with Gasteiger partial charge in [-0.15, -0.1) is 0 Å². The van der Waals surface area contributed by atoms with Crippen molar-refractivity contribution in [3.05, 3.63) is 16.4 Å². The second kappa shape index (κ2) is 3.92. The van der Waals surface area contributed by atoms with Crippen LogP contribution in [0.25, 0.3) is 0 Å². The van der Waals surface area contributed by atoms with Gasteiger partial charge in [0, 0.05) is 19.0 Å². The largest absolute Gasteiger partial charge is 0.300 e. The SMILES string of the molecule is CC(=O)CCc1c(C)nn(C)c1Cl. The lowest BCUT2D eigenvalue weighted by molar-refractivity contribution is -0.116. The molecule has 0 amide bonds. The van der Waals surface area contributed by atoms with E-state index in [0.717, 1.165) is 11.3 Å². The predicted molar refractivity (Wildman–Crippen MR) is 52.0 cm³/mol. The number of carbonyl (C=O) groups is 1. The van der Waals surface area contributed by atoms with Crippen molar-refractivity contribution in [3.8, 4) is 0 Å². The number of nitrogens with zero attached hydrogens (tertiary/aromatic N) is 2. The average Bonchev–Trinajstić information content (AvgIpc) is 2.24. The molecule has 1 heterocycles.